The summed E-state index contributed by atoms with van der Waals surface area (Å²) >= 11 is 0. The van der Waals surface area contributed by atoms with Gasteiger partial charge in [-0.15, -0.1) is 0 Å². The number of hydrogen-bond acceptors (Lipinski definition) is 2. The van der Waals surface area contributed by atoms with E-state index in [1.54, 1.807) is 11.9 Å². The number of rotatable bonds is 3. The van der Waals surface area contributed by atoms with Gasteiger partial charge in [-0.1, -0.05) is 0 Å². The molecule has 1 fully saturated rings. The largest absolute Gasteiger partial charge is 0.481 e. The molecular weight excluding hydrogens is 170 g/mol. The van der Waals surface area contributed by atoms with Crippen LogP contribution in [-0.2, 0) is 9.59 Å². The fourth-order valence-electron chi connectivity index (χ4n) is 1.82. The Hall–Kier alpha value is -1.06. The number of carboxylic acid groups (broad SMARTS) is 1. The summed E-state index contributed by atoms with van der Waals surface area (Å²) in [6.45, 7) is 0. The second-order valence-corrected chi connectivity index (χ2v) is 3.61. The van der Waals surface area contributed by atoms with Crippen LogP contribution < -0.4 is 0 Å². The Balaban J connectivity index is 2.38. The lowest BCUT2D eigenvalue weighted by atomic mass is 9.86. The molecule has 0 bridgehead atoms. The summed E-state index contributed by atoms with van der Waals surface area (Å²) in [6, 6.07) is 0.244. The van der Waals surface area contributed by atoms with Crippen molar-refractivity contribution in [1.29, 1.82) is 0 Å². The first-order valence-electron chi connectivity index (χ1n) is 4.55. The van der Waals surface area contributed by atoms with Crippen LogP contribution in [0.15, 0.2) is 0 Å². The van der Waals surface area contributed by atoms with Crippen molar-refractivity contribution in [3.8, 4) is 0 Å². The molecule has 0 aliphatic heterocycles. The van der Waals surface area contributed by atoms with Gasteiger partial charge in [0.2, 0.25) is 6.41 Å². The summed E-state index contributed by atoms with van der Waals surface area (Å²) in [6.07, 6.45) is 3.82. The van der Waals surface area contributed by atoms with E-state index in [9.17, 15) is 9.59 Å². The molecule has 4 nitrogen and oxygen atoms in total. The molecule has 0 unspecified atom stereocenters. The van der Waals surface area contributed by atoms with Gasteiger partial charge in [-0.05, 0) is 25.7 Å². The van der Waals surface area contributed by atoms with Crippen molar-refractivity contribution in [3.05, 3.63) is 0 Å². The summed E-state index contributed by atoms with van der Waals surface area (Å²) in [7, 11) is 1.75. The van der Waals surface area contributed by atoms with Crippen molar-refractivity contribution in [2.45, 2.75) is 31.7 Å². The third-order valence-corrected chi connectivity index (χ3v) is 2.79. The van der Waals surface area contributed by atoms with Crippen LogP contribution in [0.3, 0.4) is 0 Å². The average Bonchev–Trinajstić information content (AvgIpc) is 2.17. The van der Waals surface area contributed by atoms with Gasteiger partial charge in [0.25, 0.3) is 0 Å². The highest BCUT2D eigenvalue weighted by Gasteiger charge is 2.27. The molecule has 0 atom stereocenters. The quantitative estimate of drug-likeness (QED) is 0.659. The molecule has 1 aliphatic carbocycles. The lowest BCUT2D eigenvalue weighted by Crippen LogP contribution is -2.35. The van der Waals surface area contributed by atoms with Gasteiger partial charge in [-0.25, -0.2) is 0 Å². The Morgan fingerprint density at radius 1 is 1.38 bits per heavy atom. The standard InChI is InChI=1S/C9H15NO3/c1-10(6-11)8-4-2-7(3-5-8)9(12)13/h6-8H,2-5H2,1H3,(H,12,13). The van der Waals surface area contributed by atoms with Gasteiger partial charge in [0.15, 0.2) is 0 Å². The molecule has 4 heteroatoms. The smallest absolute Gasteiger partial charge is 0.306 e. The molecule has 74 valence electrons. The number of carbonyl (C=O) groups is 2. The van der Waals surface area contributed by atoms with Gasteiger partial charge in [-0.2, -0.15) is 0 Å². The first-order chi connectivity index (χ1) is 6.15. The van der Waals surface area contributed by atoms with E-state index in [1.165, 1.54) is 0 Å². The van der Waals surface area contributed by atoms with E-state index in [4.69, 9.17) is 5.11 Å². The number of hydrogen-bond donors (Lipinski definition) is 1. The lowest BCUT2D eigenvalue weighted by Gasteiger charge is -2.30. The van der Waals surface area contributed by atoms with E-state index in [2.05, 4.69) is 0 Å². The maximum atomic E-state index is 10.6. The predicted octanol–water partition coefficient (Wildman–Crippen LogP) is 0.718. The third-order valence-electron chi connectivity index (χ3n) is 2.79. The highest BCUT2D eigenvalue weighted by atomic mass is 16.4. The van der Waals surface area contributed by atoms with E-state index in [0.29, 0.717) is 12.8 Å². The van der Waals surface area contributed by atoms with Crippen LogP contribution in [0.2, 0.25) is 0 Å². The molecule has 1 amide bonds. The number of aliphatic carboxylic acids is 1. The second kappa shape index (κ2) is 4.25. The fraction of sp³-hybridized carbons (Fsp3) is 0.778. The Labute approximate surface area is 77.5 Å². The number of nitrogens with zero attached hydrogens (tertiary/aromatic N) is 1. The molecule has 0 heterocycles. The third kappa shape index (κ3) is 2.44. The Morgan fingerprint density at radius 2 is 1.92 bits per heavy atom. The van der Waals surface area contributed by atoms with Crippen LogP contribution >= 0.6 is 0 Å². The molecule has 1 aliphatic rings. The molecule has 0 aromatic carbocycles. The molecular formula is C9H15NO3. The number of carbonyl (C=O) groups excluding carboxylic acids is 1. The Bertz CT molecular complexity index is 197. The molecule has 0 spiro atoms. The van der Waals surface area contributed by atoms with E-state index < -0.39 is 5.97 Å². The summed E-state index contributed by atoms with van der Waals surface area (Å²) < 4.78 is 0. The molecule has 0 saturated heterocycles. The Morgan fingerprint density at radius 3 is 2.31 bits per heavy atom. The van der Waals surface area contributed by atoms with Crippen molar-refractivity contribution in [3.63, 3.8) is 0 Å². The summed E-state index contributed by atoms with van der Waals surface area (Å²) in [5, 5.41) is 8.74. The highest BCUT2D eigenvalue weighted by molar-refractivity contribution is 5.70. The molecule has 0 radical (unpaired) electrons. The van der Waals surface area contributed by atoms with Crippen LogP contribution in [0, 0.1) is 5.92 Å². The first-order valence-corrected chi connectivity index (χ1v) is 4.55. The minimum Gasteiger partial charge on any atom is -0.481 e. The van der Waals surface area contributed by atoms with Gasteiger partial charge >= 0.3 is 5.97 Å². The van der Waals surface area contributed by atoms with Crippen LogP contribution in [0.4, 0.5) is 0 Å². The summed E-state index contributed by atoms with van der Waals surface area (Å²) in [5.41, 5.74) is 0. The van der Waals surface area contributed by atoms with Crippen molar-refractivity contribution >= 4 is 12.4 Å². The molecule has 0 aromatic heterocycles. The zero-order valence-corrected chi connectivity index (χ0v) is 7.77. The van der Waals surface area contributed by atoms with E-state index in [1.807, 2.05) is 0 Å². The highest BCUT2D eigenvalue weighted by Crippen LogP contribution is 2.26. The zero-order valence-electron chi connectivity index (χ0n) is 7.77. The SMILES string of the molecule is CN(C=O)C1CCC(C(=O)O)CC1. The van der Waals surface area contributed by atoms with Gasteiger partial charge in [0.1, 0.15) is 0 Å². The van der Waals surface area contributed by atoms with E-state index in [0.717, 1.165) is 19.3 Å². The van der Waals surface area contributed by atoms with Crippen LogP contribution in [-0.4, -0.2) is 35.5 Å². The molecule has 1 N–H and O–H groups in total. The summed E-state index contributed by atoms with van der Waals surface area (Å²) in [4.78, 5) is 22.7. The first kappa shape index (κ1) is 10.0. The zero-order chi connectivity index (χ0) is 9.84. The van der Waals surface area contributed by atoms with Crippen molar-refractivity contribution in [2.75, 3.05) is 7.05 Å². The van der Waals surface area contributed by atoms with Crippen LogP contribution in [0.25, 0.3) is 0 Å². The van der Waals surface area contributed by atoms with E-state index >= 15 is 0 Å². The fourth-order valence-corrected chi connectivity index (χ4v) is 1.82. The number of amides is 1. The maximum absolute atomic E-state index is 10.6. The molecule has 13 heavy (non-hydrogen) atoms. The van der Waals surface area contributed by atoms with Gasteiger partial charge in [0, 0.05) is 13.1 Å². The van der Waals surface area contributed by atoms with Crippen LogP contribution in [0.5, 0.6) is 0 Å². The second-order valence-electron chi connectivity index (χ2n) is 3.61. The Kier molecular flexibility index (Phi) is 3.28. The predicted molar refractivity (Wildman–Crippen MR) is 47.2 cm³/mol. The minimum atomic E-state index is -0.702. The molecule has 1 saturated carbocycles. The van der Waals surface area contributed by atoms with E-state index in [-0.39, 0.29) is 12.0 Å². The monoisotopic (exact) mass is 185 g/mol. The lowest BCUT2D eigenvalue weighted by molar-refractivity contribution is -0.143. The molecule has 1 rings (SSSR count). The van der Waals surface area contributed by atoms with Gasteiger partial charge in [0.05, 0.1) is 5.92 Å². The van der Waals surface area contributed by atoms with Crippen molar-refractivity contribution < 1.29 is 14.7 Å². The maximum Gasteiger partial charge on any atom is 0.306 e. The van der Waals surface area contributed by atoms with Gasteiger partial charge in [-0.3, -0.25) is 9.59 Å². The minimum absolute atomic E-state index is 0.198. The van der Waals surface area contributed by atoms with Crippen LogP contribution in [0.1, 0.15) is 25.7 Å². The van der Waals surface area contributed by atoms with Crippen molar-refractivity contribution in [2.24, 2.45) is 5.92 Å². The van der Waals surface area contributed by atoms with Gasteiger partial charge < -0.3 is 10.0 Å². The molecule has 0 aromatic rings. The normalized spacial score (nSPS) is 28.1. The topological polar surface area (TPSA) is 57.6 Å². The number of carboxylic acids is 1. The average molecular weight is 185 g/mol. The summed E-state index contributed by atoms with van der Waals surface area (Å²) in [5.74, 6) is -0.900. The van der Waals surface area contributed by atoms with Crippen molar-refractivity contribution in [1.82, 2.24) is 4.90 Å².